The maximum Gasteiger partial charge on any atom is 0.319 e. The van der Waals surface area contributed by atoms with E-state index in [0.29, 0.717) is 17.3 Å². The molecule has 2 aromatic rings. The topological polar surface area (TPSA) is 100 Å². The van der Waals surface area contributed by atoms with Gasteiger partial charge >= 0.3 is 6.03 Å². The fourth-order valence-corrected chi connectivity index (χ4v) is 1.73. The lowest BCUT2D eigenvalue weighted by atomic mass is 9.96. The van der Waals surface area contributed by atoms with Crippen molar-refractivity contribution in [3.8, 4) is 0 Å². The summed E-state index contributed by atoms with van der Waals surface area (Å²) in [5.74, 6) is 1.10. The van der Waals surface area contributed by atoms with Crippen molar-refractivity contribution in [1.82, 2.24) is 15.3 Å². The molecule has 118 valence electrons. The van der Waals surface area contributed by atoms with Crippen LogP contribution in [0.4, 0.5) is 10.5 Å². The van der Waals surface area contributed by atoms with E-state index in [9.17, 15) is 9.90 Å². The zero-order valence-corrected chi connectivity index (χ0v) is 12.8. The first-order valence-corrected chi connectivity index (χ1v) is 6.95. The van der Waals surface area contributed by atoms with E-state index >= 15 is 0 Å². The number of rotatable bonds is 4. The van der Waals surface area contributed by atoms with Crippen LogP contribution in [-0.4, -0.2) is 27.7 Å². The van der Waals surface area contributed by atoms with Crippen LogP contribution in [0, 0.1) is 0 Å². The van der Waals surface area contributed by atoms with Crippen molar-refractivity contribution in [3.05, 3.63) is 42.4 Å². The van der Waals surface area contributed by atoms with Gasteiger partial charge in [0.25, 0.3) is 0 Å². The molecule has 2 aromatic heterocycles. The number of carbonyl (C=O) groups is 1. The molecule has 1 unspecified atom stereocenters. The molecule has 0 saturated heterocycles. The molecule has 0 aliphatic heterocycles. The van der Waals surface area contributed by atoms with E-state index < -0.39 is 12.1 Å². The first-order chi connectivity index (χ1) is 10.4. The average Bonchev–Trinajstić information content (AvgIpc) is 2.98. The molecule has 0 spiro atoms. The predicted octanol–water partition coefficient (Wildman–Crippen LogP) is 2.22. The smallest absolute Gasteiger partial charge is 0.319 e. The normalized spacial score (nSPS) is 12.7. The third-order valence-corrected chi connectivity index (χ3v) is 2.91. The van der Waals surface area contributed by atoms with Crippen molar-refractivity contribution in [1.29, 1.82) is 0 Å². The molecular formula is C15H20N4O3. The maximum absolute atomic E-state index is 11.7. The molecule has 0 fully saturated rings. The summed E-state index contributed by atoms with van der Waals surface area (Å²) < 4.78 is 5.05. The van der Waals surface area contributed by atoms with Crippen molar-refractivity contribution in [3.63, 3.8) is 0 Å². The van der Waals surface area contributed by atoms with Gasteiger partial charge in [-0.2, -0.15) is 0 Å². The van der Waals surface area contributed by atoms with Gasteiger partial charge in [-0.05, 0) is 12.1 Å². The van der Waals surface area contributed by atoms with E-state index in [-0.39, 0.29) is 12.0 Å². The minimum atomic E-state index is -0.889. The van der Waals surface area contributed by atoms with Crippen LogP contribution in [0.2, 0.25) is 0 Å². The number of aromatic nitrogens is 2. The fraction of sp³-hybridized carbons (Fsp3) is 0.400. The number of aliphatic hydroxyl groups excluding tert-OH is 1. The highest BCUT2D eigenvalue weighted by molar-refractivity contribution is 5.88. The first-order valence-electron chi connectivity index (χ1n) is 6.95. The Kier molecular flexibility index (Phi) is 4.77. The molecule has 22 heavy (non-hydrogen) atoms. The van der Waals surface area contributed by atoms with Crippen molar-refractivity contribution in [2.45, 2.75) is 32.3 Å². The lowest BCUT2D eigenvalue weighted by Gasteiger charge is -2.16. The van der Waals surface area contributed by atoms with Gasteiger partial charge in [0, 0.05) is 5.41 Å². The standard InChI is InChI=1S/C15H20N4O3/c1-15(2,3)13-16-7-10(8-17-13)19-14(21)18-9-11(20)12-5-4-6-22-12/h4-8,11,20H,9H2,1-3H3,(H2,18,19,21). The Morgan fingerprint density at radius 1 is 1.36 bits per heavy atom. The number of nitrogens with zero attached hydrogens (tertiary/aromatic N) is 2. The fourth-order valence-electron chi connectivity index (χ4n) is 1.73. The average molecular weight is 304 g/mol. The Labute approximate surface area is 128 Å². The number of nitrogens with one attached hydrogen (secondary N) is 2. The van der Waals surface area contributed by atoms with Crippen LogP contribution >= 0.6 is 0 Å². The van der Waals surface area contributed by atoms with Crippen LogP contribution in [0.5, 0.6) is 0 Å². The van der Waals surface area contributed by atoms with Crippen LogP contribution in [0.3, 0.4) is 0 Å². The second-order valence-electron chi connectivity index (χ2n) is 5.91. The van der Waals surface area contributed by atoms with E-state index in [0.717, 1.165) is 0 Å². The van der Waals surface area contributed by atoms with Crippen LogP contribution < -0.4 is 10.6 Å². The number of furan rings is 1. The highest BCUT2D eigenvalue weighted by Gasteiger charge is 2.17. The van der Waals surface area contributed by atoms with Gasteiger partial charge in [0.2, 0.25) is 0 Å². The van der Waals surface area contributed by atoms with Crippen LogP contribution in [-0.2, 0) is 5.41 Å². The number of carbonyl (C=O) groups excluding carboxylic acids is 1. The molecular weight excluding hydrogens is 284 g/mol. The monoisotopic (exact) mass is 304 g/mol. The van der Waals surface area contributed by atoms with Gasteiger partial charge in [0.05, 0.1) is 30.9 Å². The Morgan fingerprint density at radius 2 is 2.05 bits per heavy atom. The second kappa shape index (κ2) is 6.57. The van der Waals surface area contributed by atoms with Gasteiger partial charge in [-0.15, -0.1) is 0 Å². The van der Waals surface area contributed by atoms with Crippen molar-refractivity contribution in [2.24, 2.45) is 0 Å². The summed E-state index contributed by atoms with van der Waals surface area (Å²) in [6.45, 7) is 6.08. The van der Waals surface area contributed by atoms with Crippen molar-refractivity contribution < 1.29 is 14.3 Å². The summed E-state index contributed by atoms with van der Waals surface area (Å²) in [7, 11) is 0. The largest absolute Gasteiger partial charge is 0.467 e. The first kappa shape index (κ1) is 16.0. The summed E-state index contributed by atoms with van der Waals surface area (Å²) in [5, 5.41) is 14.9. The zero-order valence-electron chi connectivity index (χ0n) is 12.8. The number of anilines is 1. The number of urea groups is 1. The summed E-state index contributed by atoms with van der Waals surface area (Å²) in [6.07, 6.45) is 3.68. The SMILES string of the molecule is CC(C)(C)c1ncc(NC(=O)NCC(O)c2ccco2)cn1. The molecule has 0 aromatic carbocycles. The predicted molar refractivity (Wildman–Crippen MR) is 81.4 cm³/mol. The molecule has 2 amide bonds. The third kappa shape index (κ3) is 4.29. The molecule has 3 N–H and O–H groups in total. The molecule has 1 atom stereocenters. The van der Waals surface area contributed by atoms with E-state index in [1.807, 2.05) is 20.8 Å². The highest BCUT2D eigenvalue weighted by Crippen LogP contribution is 2.18. The number of aliphatic hydroxyl groups is 1. The van der Waals surface area contributed by atoms with Crippen LogP contribution in [0.15, 0.2) is 35.2 Å². The van der Waals surface area contributed by atoms with Gasteiger partial charge in [-0.1, -0.05) is 20.8 Å². The van der Waals surface area contributed by atoms with E-state index in [4.69, 9.17) is 4.42 Å². The zero-order chi connectivity index (χ0) is 16.2. The van der Waals surface area contributed by atoms with E-state index in [2.05, 4.69) is 20.6 Å². The van der Waals surface area contributed by atoms with Crippen molar-refractivity contribution in [2.75, 3.05) is 11.9 Å². The summed E-state index contributed by atoms with van der Waals surface area (Å²) in [6, 6.07) is 2.87. The molecule has 7 heteroatoms. The number of amides is 2. The minimum absolute atomic E-state index is 0.0419. The molecule has 0 bridgehead atoms. The summed E-state index contributed by atoms with van der Waals surface area (Å²) in [4.78, 5) is 20.2. The maximum atomic E-state index is 11.7. The quantitative estimate of drug-likeness (QED) is 0.804. The highest BCUT2D eigenvalue weighted by atomic mass is 16.4. The lowest BCUT2D eigenvalue weighted by Crippen LogP contribution is -2.32. The Balaban J connectivity index is 1.84. The molecule has 2 rings (SSSR count). The van der Waals surface area contributed by atoms with Crippen LogP contribution in [0.1, 0.15) is 38.5 Å². The second-order valence-corrected chi connectivity index (χ2v) is 5.91. The van der Waals surface area contributed by atoms with Gasteiger partial charge < -0.3 is 20.2 Å². The van der Waals surface area contributed by atoms with E-state index in [1.165, 1.54) is 6.26 Å². The Bertz CT molecular complexity index is 603. The molecule has 7 nitrogen and oxygen atoms in total. The van der Waals surface area contributed by atoms with Gasteiger partial charge in [-0.3, -0.25) is 0 Å². The summed E-state index contributed by atoms with van der Waals surface area (Å²) >= 11 is 0. The Morgan fingerprint density at radius 3 is 2.59 bits per heavy atom. The lowest BCUT2D eigenvalue weighted by molar-refractivity contribution is 0.149. The van der Waals surface area contributed by atoms with Gasteiger partial charge in [-0.25, -0.2) is 14.8 Å². The molecule has 0 saturated carbocycles. The van der Waals surface area contributed by atoms with Crippen molar-refractivity contribution >= 4 is 11.7 Å². The third-order valence-electron chi connectivity index (χ3n) is 2.91. The van der Waals surface area contributed by atoms with Gasteiger partial charge in [0.1, 0.15) is 17.7 Å². The Hall–Kier alpha value is -2.41. The summed E-state index contributed by atoms with van der Waals surface area (Å²) in [5.41, 5.74) is 0.339. The molecule has 2 heterocycles. The number of hydrogen-bond acceptors (Lipinski definition) is 5. The van der Waals surface area contributed by atoms with Crippen LogP contribution in [0.25, 0.3) is 0 Å². The molecule has 0 radical (unpaired) electrons. The number of hydrogen-bond donors (Lipinski definition) is 3. The van der Waals surface area contributed by atoms with Gasteiger partial charge in [0.15, 0.2) is 0 Å². The molecule has 0 aliphatic rings. The molecule has 0 aliphatic carbocycles. The van der Waals surface area contributed by atoms with E-state index in [1.54, 1.807) is 24.5 Å². The minimum Gasteiger partial charge on any atom is -0.467 e.